The van der Waals surface area contributed by atoms with Crippen molar-refractivity contribution in [3.63, 3.8) is 0 Å². The van der Waals surface area contributed by atoms with Crippen molar-refractivity contribution in [2.24, 2.45) is 0 Å². The van der Waals surface area contributed by atoms with E-state index in [-0.39, 0.29) is 0 Å². The molecule has 3 nitrogen and oxygen atoms in total. The summed E-state index contributed by atoms with van der Waals surface area (Å²) in [7, 11) is 0. The van der Waals surface area contributed by atoms with Crippen molar-refractivity contribution in [2.75, 3.05) is 5.32 Å². The molecular formula is C12H12ClN3. The Kier molecular flexibility index (Phi) is 3.37. The number of hydrogen-bond donors (Lipinski definition) is 1. The van der Waals surface area contributed by atoms with E-state index in [0.29, 0.717) is 11.6 Å². The molecule has 0 saturated carbocycles. The van der Waals surface area contributed by atoms with Crippen molar-refractivity contribution in [1.82, 2.24) is 9.97 Å². The van der Waals surface area contributed by atoms with Crippen molar-refractivity contribution >= 4 is 17.4 Å². The Labute approximate surface area is 99.5 Å². The summed E-state index contributed by atoms with van der Waals surface area (Å²) in [5.74, 6) is 0.799. The third-order valence-electron chi connectivity index (χ3n) is 2.12. The summed E-state index contributed by atoms with van der Waals surface area (Å²) in [5.41, 5.74) is 2.01. The first kappa shape index (κ1) is 10.9. The average molecular weight is 234 g/mol. The Balaban J connectivity index is 1.99. The molecule has 0 bridgehead atoms. The van der Waals surface area contributed by atoms with Gasteiger partial charge >= 0.3 is 0 Å². The number of hydrogen-bond acceptors (Lipinski definition) is 3. The highest BCUT2D eigenvalue weighted by Gasteiger charge is 1.96. The molecule has 0 aliphatic heterocycles. The van der Waals surface area contributed by atoms with E-state index >= 15 is 0 Å². The quantitative estimate of drug-likeness (QED) is 0.886. The van der Waals surface area contributed by atoms with E-state index in [2.05, 4.69) is 15.3 Å². The Morgan fingerprint density at radius 2 is 2.12 bits per heavy atom. The second-order valence-corrected chi connectivity index (χ2v) is 3.92. The number of nitrogens with zero attached hydrogens (tertiary/aromatic N) is 2. The highest BCUT2D eigenvalue weighted by Crippen LogP contribution is 2.10. The summed E-state index contributed by atoms with van der Waals surface area (Å²) in [6.07, 6.45) is 1.62. The summed E-state index contributed by atoms with van der Waals surface area (Å²) in [5, 5.41) is 3.82. The van der Waals surface area contributed by atoms with Crippen LogP contribution in [0.25, 0.3) is 0 Å². The molecule has 0 atom stereocenters. The summed E-state index contributed by atoms with van der Waals surface area (Å²) in [6, 6.07) is 9.60. The molecule has 2 aromatic heterocycles. The van der Waals surface area contributed by atoms with Crippen LogP contribution in [0, 0.1) is 6.92 Å². The molecule has 2 rings (SSSR count). The molecule has 4 heteroatoms. The standard InChI is InChI=1S/C12H12ClN3/c1-9-3-2-4-11(16-9)8-15-12-6-5-10(13)7-14-12/h2-7H,8H2,1H3,(H,14,15). The topological polar surface area (TPSA) is 37.8 Å². The molecular weight excluding hydrogens is 222 g/mol. The predicted octanol–water partition coefficient (Wildman–Crippen LogP) is 3.05. The van der Waals surface area contributed by atoms with Gasteiger partial charge < -0.3 is 5.32 Å². The van der Waals surface area contributed by atoms with Gasteiger partial charge in [0.15, 0.2) is 0 Å². The number of aromatic nitrogens is 2. The lowest BCUT2D eigenvalue weighted by atomic mass is 10.3. The molecule has 0 unspecified atom stereocenters. The summed E-state index contributed by atoms with van der Waals surface area (Å²) >= 11 is 5.75. The maximum atomic E-state index is 5.75. The van der Waals surface area contributed by atoms with E-state index in [1.165, 1.54) is 0 Å². The molecule has 16 heavy (non-hydrogen) atoms. The normalized spacial score (nSPS) is 10.1. The van der Waals surface area contributed by atoms with Crippen molar-refractivity contribution in [2.45, 2.75) is 13.5 Å². The molecule has 1 N–H and O–H groups in total. The zero-order valence-corrected chi connectivity index (χ0v) is 9.70. The van der Waals surface area contributed by atoms with Crippen LogP contribution in [0.1, 0.15) is 11.4 Å². The molecule has 0 spiro atoms. The summed E-state index contributed by atoms with van der Waals surface area (Å²) in [6.45, 7) is 2.64. The number of aryl methyl sites for hydroxylation is 1. The number of rotatable bonds is 3. The first-order chi connectivity index (χ1) is 7.74. The van der Waals surface area contributed by atoms with E-state index in [1.54, 1.807) is 12.3 Å². The fourth-order valence-corrected chi connectivity index (χ4v) is 1.47. The predicted molar refractivity (Wildman–Crippen MR) is 65.5 cm³/mol. The van der Waals surface area contributed by atoms with Gasteiger partial charge in [0.25, 0.3) is 0 Å². The Morgan fingerprint density at radius 1 is 1.25 bits per heavy atom. The summed E-state index contributed by atoms with van der Waals surface area (Å²) in [4.78, 5) is 8.53. The fraction of sp³-hybridized carbons (Fsp3) is 0.167. The van der Waals surface area contributed by atoms with Crippen LogP contribution < -0.4 is 5.32 Å². The van der Waals surface area contributed by atoms with E-state index < -0.39 is 0 Å². The van der Waals surface area contributed by atoms with Crippen molar-refractivity contribution < 1.29 is 0 Å². The number of nitrogens with one attached hydrogen (secondary N) is 1. The smallest absolute Gasteiger partial charge is 0.126 e. The molecule has 0 amide bonds. The Bertz CT molecular complexity index is 468. The number of halogens is 1. The van der Waals surface area contributed by atoms with Gasteiger partial charge in [-0.2, -0.15) is 0 Å². The van der Waals surface area contributed by atoms with Gasteiger partial charge in [0.1, 0.15) is 5.82 Å². The van der Waals surface area contributed by atoms with Crippen LogP contribution in [-0.2, 0) is 6.54 Å². The van der Waals surface area contributed by atoms with E-state index in [4.69, 9.17) is 11.6 Å². The maximum absolute atomic E-state index is 5.75. The fourth-order valence-electron chi connectivity index (χ4n) is 1.36. The van der Waals surface area contributed by atoms with Crippen LogP contribution in [0.4, 0.5) is 5.82 Å². The Hall–Kier alpha value is -1.61. The molecule has 0 saturated heterocycles. The van der Waals surface area contributed by atoms with Gasteiger partial charge in [0.05, 0.1) is 17.3 Å². The zero-order valence-electron chi connectivity index (χ0n) is 8.94. The zero-order chi connectivity index (χ0) is 11.4. The van der Waals surface area contributed by atoms with Gasteiger partial charge in [-0.25, -0.2) is 4.98 Å². The molecule has 0 fully saturated rings. The van der Waals surface area contributed by atoms with Gasteiger partial charge in [0, 0.05) is 11.9 Å². The first-order valence-corrected chi connectivity index (χ1v) is 5.40. The largest absolute Gasteiger partial charge is 0.364 e. The van der Waals surface area contributed by atoms with Crippen molar-refractivity contribution in [3.8, 4) is 0 Å². The lowest BCUT2D eigenvalue weighted by Crippen LogP contribution is -2.03. The van der Waals surface area contributed by atoms with Crippen LogP contribution >= 0.6 is 11.6 Å². The van der Waals surface area contributed by atoms with E-state index in [1.807, 2.05) is 31.2 Å². The van der Waals surface area contributed by atoms with Crippen LogP contribution in [0.3, 0.4) is 0 Å². The molecule has 2 heterocycles. The van der Waals surface area contributed by atoms with Crippen molar-refractivity contribution in [3.05, 3.63) is 52.9 Å². The molecule has 0 aliphatic carbocycles. The van der Waals surface area contributed by atoms with Gasteiger partial charge in [-0.05, 0) is 31.2 Å². The maximum Gasteiger partial charge on any atom is 0.126 e. The minimum Gasteiger partial charge on any atom is -0.364 e. The molecule has 0 aromatic carbocycles. The molecule has 0 aliphatic rings. The van der Waals surface area contributed by atoms with Crippen LogP contribution in [-0.4, -0.2) is 9.97 Å². The van der Waals surface area contributed by atoms with Gasteiger partial charge in [-0.15, -0.1) is 0 Å². The molecule has 2 aromatic rings. The lowest BCUT2D eigenvalue weighted by Gasteiger charge is -2.05. The van der Waals surface area contributed by atoms with Gasteiger partial charge in [-0.3, -0.25) is 4.98 Å². The van der Waals surface area contributed by atoms with Crippen LogP contribution in [0.2, 0.25) is 5.02 Å². The van der Waals surface area contributed by atoms with Gasteiger partial charge in [-0.1, -0.05) is 17.7 Å². The second-order valence-electron chi connectivity index (χ2n) is 3.49. The highest BCUT2D eigenvalue weighted by molar-refractivity contribution is 6.30. The summed E-state index contributed by atoms with van der Waals surface area (Å²) < 4.78 is 0. The third-order valence-corrected chi connectivity index (χ3v) is 2.35. The van der Waals surface area contributed by atoms with E-state index in [9.17, 15) is 0 Å². The Morgan fingerprint density at radius 3 is 2.81 bits per heavy atom. The third kappa shape index (κ3) is 2.94. The lowest BCUT2D eigenvalue weighted by molar-refractivity contribution is 1.00. The second kappa shape index (κ2) is 4.94. The van der Waals surface area contributed by atoms with E-state index in [0.717, 1.165) is 17.2 Å². The first-order valence-electron chi connectivity index (χ1n) is 5.02. The highest BCUT2D eigenvalue weighted by atomic mass is 35.5. The SMILES string of the molecule is Cc1cccc(CNc2ccc(Cl)cn2)n1. The van der Waals surface area contributed by atoms with Gasteiger partial charge in [0.2, 0.25) is 0 Å². The monoisotopic (exact) mass is 233 g/mol. The minimum absolute atomic E-state index is 0.638. The van der Waals surface area contributed by atoms with Crippen LogP contribution in [0.5, 0.6) is 0 Å². The molecule has 82 valence electrons. The number of pyridine rings is 2. The number of anilines is 1. The minimum atomic E-state index is 0.638. The van der Waals surface area contributed by atoms with Crippen LogP contribution in [0.15, 0.2) is 36.5 Å². The molecule has 0 radical (unpaired) electrons. The van der Waals surface area contributed by atoms with Crippen molar-refractivity contribution in [1.29, 1.82) is 0 Å². The average Bonchev–Trinajstić information content (AvgIpc) is 2.28.